The molecule has 0 saturated heterocycles. The average Bonchev–Trinajstić information content (AvgIpc) is 2.88. The van der Waals surface area contributed by atoms with Gasteiger partial charge in [0.1, 0.15) is 6.04 Å². The Hall–Kier alpha value is -1.85. The van der Waals surface area contributed by atoms with Gasteiger partial charge in [0.05, 0.1) is 6.20 Å². The molecule has 120 valence electrons. The maximum atomic E-state index is 12.2. The molecule has 0 aliphatic heterocycles. The van der Waals surface area contributed by atoms with E-state index in [9.17, 15) is 4.79 Å². The molecular weight excluding hydrogens is 300 g/mol. The minimum Gasteiger partial charge on any atom is -0.354 e. The van der Waals surface area contributed by atoms with Gasteiger partial charge in [0.25, 0.3) is 0 Å². The molecule has 2 N–H and O–H groups in total. The van der Waals surface area contributed by atoms with Gasteiger partial charge in [0.15, 0.2) is 0 Å². The lowest BCUT2D eigenvalue weighted by atomic mass is 10.1. The topological polar surface area (TPSA) is 59.0 Å². The number of hydrogen-bond donors (Lipinski definition) is 2. The highest BCUT2D eigenvalue weighted by atomic mass is 35.5. The Morgan fingerprint density at radius 3 is 2.55 bits per heavy atom. The van der Waals surface area contributed by atoms with Gasteiger partial charge in [0, 0.05) is 25.4 Å². The maximum absolute atomic E-state index is 12.2. The molecule has 2 rings (SSSR count). The summed E-state index contributed by atoms with van der Waals surface area (Å²) in [5.41, 5.74) is 3.34. The molecule has 1 atom stereocenters. The number of rotatable bonds is 6. The summed E-state index contributed by atoms with van der Waals surface area (Å²) < 4.78 is 1.69. The van der Waals surface area contributed by atoms with Crippen molar-refractivity contribution in [3.8, 4) is 0 Å². The van der Waals surface area contributed by atoms with E-state index in [1.165, 1.54) is 11.1 Å². The lowest BCUT2D eigenvalue weighted by Crippen LogP contribution is -2.36. The fourth-order valence-electron chi connectivity index (χ4n) is 2.23. The molecule has 5 nitrogen and oxygen atoms in total. The Morgan fingerprint density at radius 2 is 2.00 bits per heavy atom. The first-order chi connectivity index (χ1) is 10.1. The Kier molecular flexibility index (Phi) is 7.08. The van der Waals surface area contributed by atoms with Gasteiger partial charge in [-0.1, -0.05) is 29.8 Å². The molecular formula is C16H23ClN4O. The second kappa shape index (κ2) is 8.56. The predicted molar refractivity (Wildman–Crippen MR) is 90.1 cm³/mol. The number of likely N-dealkylation sites (N-methyl/N-ethyl adjacent to an activating group) is 1. The van der Waals surface area contributed by atoms with Gasteiger partial charge >= 0.3 is 0 Å². The Bertz CT molecular complexity index is 594. The molecule has 0 aliphatic rings. The van der Waals surface area contributed by atoms with E-state index in [2.05, 4.69) is 46.9 Å². The second-order valence-corrected chi connectivity index (χ2v) is 5.20. The number of carbonyl (C=O) groups excluding carboxylic acids is 1. The van der Waals surface area contributed by atoms with E-state index in [4.69, 9.17) is 0 Å². The SMILES string of the molecule is CNC(C(=O)NCCc1ccc(C)cc1)c1cnn(C)c1.Cl. The molecule has 6 heteroatoms. The monoisotopic (exact) mass is 322 g/mol. The van der Waals surface area contributed by atoms with Crippen LogP contribution >= 0.6 is 12.4 Å². The fraction of sp³-hybridized carbons (Fsp3) is 0.375. The molecule has 0 spiro atoms. The lowest BCUT2D eigenvalue weighted by Gasteiger charge is -2.14. The summed E-state index contributed by atoms with van der Waals surface area (Å²) in [4.78, 5) is 12.2. The van der Waals surface area contributed by atoms with Crippen molar-refractivity contribution < 1.29 is 4.79 Å². The second-order valence-electron chi connectivity index (χ2n) is 5.20. The normalized spacial score (nSPS) is 11.6. The van der Waals surface area contributed by atoms with E-state index in [0.29, 0.717) is 6.54 Å². The van der Waals surface area contributed by atoms with Crippen molar-refractivity contribution in [2.45, 2.75) is 19.4 Å². The minimum absolute atomic E-state index is 0. The number of aryl methyl sites for hydroxylation is 2. The first kappa shape index (κ1) is 18.2. The van der Waals surface area contributed by atoms with Crippen molar-refractivity contribution in [1.29, 1.82) is 0 Å². The smallest absolute Gasteiger partial charge is 0.241 e. The predicted octanol–water partition coefficient (Wildman–Crippen LogP) is 1.77. The highest BCUT2D eigenvalue weighted by molar-refractivity contribution is 5.85. The van der Waals surface area contributed by atoms with Crippen molar-refractivity contribution in [1.82, 2.24) is 20.4 Å². The summed E-state index contributed by atoms with van der Waals surface area (Å²) in [5.74, 6) is -0.0300. The van der Waals surface area contributed by atoms with Crippen LogP contribution in [0.4, 0.5) is 0 Å². The molecule has 0 fully saturated rings. The quantitative estimate of drug-likeness (QED) is 0.852. The van der Waals surface area contributed by atoms with E-state index in [1.54, 1.807) is 17.9 Å². The van der Waals surface area contributed by atoms with E-state index >= 15 is 0 Å². The third kappa shape index (κ3) is 4.86. The molecule has 1 unspecified atom stereocenters. The Labute approximate surface area is 137 Å². The summed E-state index contributed by atoms with van der Waals surface area (Å²) in [6.45, 7) is 2.69. The highest BCUT2D eigenvalue weighted by Crippen LogP contribution is 2.11. The van der Waals surface area contributed by atoms with E-state index < -0.39 is 0 Å². The molecule has 1 aromatic heterocycles. The largest absolute Gasteiger partial charge is 0.354 e. The summed E-state index contributed by atoms with van der Waals surface area (Å²) in [6, 6.07) is 8.00. The number of amides is 1. The molecule has 0 radical (unpaired) electrons. The first-order valence-electron chi connectivity index (χ1n) is 7.09. The number of benzene rings is 1. The number of nitrogens with one attached hydrogen (secondary N) is 2. The molecule has 0 aliphatic carbocycles. The van der Waals surface area contributed by atoms with Crippen LogP contribution in [0.1, 0.15) is 22.7 Å². The van der Waals surface area contributed by atoms with E-state index in [-0.39, 0.29) is 24.4 Å². The highest BCUT2D eigenvalue weighted by Gasteiger charge is 2.19. The Morgan fingerprint density at radius 1 is 1.32 bits per heavy atom. The average molecular weight is 323 g/mol. The van der Waals surface area contributed by atoms with Crippen molar-refractivity contribution in [3.05, 3.63) is 53.3 Å². The summed E-state index contributed by atoms with van der Waals surface area (Å²) in [5, 5.41) is 10.1. The minimum atomic E-state index is -0.364. The Balaban J connectivity index is 0.00000242. The van der Waals surface area contributed by atoms with Crippen LogP contribution in [0.3, 0.4) is 0 Å². The lowest BCUT2D eigenvalue weighted by molar-refractivity contribution is -0.123. The van der Waals surface area contributed by atoms with Gasteiger partial charge in [-0.05, 0) is 26.0 Å². The van der Waals surface area contributed by atoms with Gasteiger partial charge in [0.2, 0.25) is 5.91 Å². The van der Waals surface area contributed by atoms with Gasteiger partial charge in [-0.3, -0.25) is 9.48 Å². The van der Waals surface area contributed by atoms with Crippen LogP contribution in [0, 0.1) is 6.92 Å². The van der Waals surface area contributed by atoms with Crippen LogP contribution in [-0.2, 0) is 18.3 Å². The van der Waals surface area contributed by atoms with Gasteiger partial charge < -0.3 is 10.6 Å². The molecule has 22 heavy (non-hydrogen) atoms. The molecule has 0 bridgehead atoms. The molecule has 1 amide bonds. The first-order valence-corrected chi connectivity index (χ1v) is 7.09. The maximum Gasteiger partial charge on any atom is 0.241 e. The van der Waals surface area contributed by atoms with Gasteiger partial charge in [-0.2, -0.15) is 5.10 Å². The zero-order valence-corrected chi connectivity index (χ0v) is 14.0. The number of nitrogens with zero attached hydrogens (tertiary/aromatic N) is 2. The number of aromatic nitrogens is 2. The third-order valence-electron chi connectivity index (χ3n) is 3.44. The van der Waals surface area contributed by atoms with Crippen LogP contribution in [0.25, 0.3) is 0 Å². The fourth-order valence-corrected chi connectivity index (χ4v) is 2.23. The summed E-state index contributed by atoms with van der Waals surface area (Å²) in [7, 11) is 3.61. The summed E-state index contributed by atoms with van der Waals surface area (Å²) >= 11 is 0. The van der Waals surface area contributed by atoms with Crippen molar-refractivity contribution in [2.24, 2.45) is 7.05 Å². The van der Waals surface area contributed by atoms with Crippen LogP contribution in [0.5, 0.6) is 0 Å². The zero-order chi connectivity index (χ0) is 15.2. The van der Waals surface area contributed by atoms with Crippen molar-refractivity contribution in [3.63, 3.8) is 0 Å². The molecule has 0 saturated carbocycles. The molecule has 1 aromatic carbocycles. The molecule has 1 heterocycles. The summed E-state index contributed by atoms with van der Waals surface area (Å²) in [6.07, 6.45) is 4.39. The van der Waals surface area contributed by atoms with Crippen LogP contribution < -0.4 is 10.6 Å². The van der Waals surface area contributed by atoms with Crippen LogP contribution in [0.2, 0.25) is 0 Å². The van der Waals surface area contributed by atoms with Crippen molar-refractivity contribution >= 4 is 18.3 Å². The van der Waals surface area contributed by atoms with Crippen molar-refractivity contribution in [2.75, 3.05) is 13.6 Å². The number of carbonyl (C=O) groups is 1. The van der Waals surface area contributed by atoms with E-state index in [1.807, 2.05) is 13.2 Å². The van der Waals surface area contributed by atoms with E-state index in [0.717, 1.165) is 12.0 Å². The standard InChI is InChI=1S/C16H22N4O.ClH/c1-12-4-6-13(7-5-12)8-9-18-16(21)15(17-2)14-10-19-20(3)11-14;/h4-7,10-11,15,17H,8-9H2,1-3H3,(H,18,21);1H. The number of hydrogen-bond acceptors (Lipinski definition) is 3. The number of halogens is 1. The van der Waals surface area contributed by atoms with Crippen LogP contribution in [-0.4, -0.2) is 29.3 Å². The van der Waals surface area contributed by atoms with Gasteiger partial charge in [-0.25, -0.2) is 0 Å². The third-order valence-corrected chi connectivity index (χ3v) is 3.44. The van der Waals surface area contributed by atoms with Crippen LogP contribution in [0.15, 0.2) is 36.7 Å². The van der Waals surface area contributed by atoms with Gasteiger partial charge in [-0.15, -0.1) is 12.4 Å². The zero-order valence-electron chi connectivity index (χ0n) is 13.2. The molecule has 2 aromatic rings.